The van der Waals surface area contributed by atoms with E-state index in [1.165, 1.54) is 6.33 Å². The minimum Gasteiger partial charge on any atom is -0.384 e. The maximum absolute atomic E-state index is 11.7. The van der Waals surface area contributed by atoms with Crippen LogP contribution in [0.3, 0.4) is 0 Å². The van der Waals surface area contributed by atoms with E-state index in [0.717, 1.165) is 40.2 Å². The summed E-state index contributed by atoms with van der Waals surface area (Å²) in [5.41, 5.74) is 9.30. The third kappa shape index (κ3) is 3.82. The molecule has 0 atom stereocenters. The van der Waals surface area contributed by atoms with E-state index in [2.05, 4.69) is 30.6 Å². The first-order chi connectivity index (χ1) is 15.2. The lowest BCUT2D eigenvalue weighted by Crippen LogP contribution is -2.48. The molecule has 31 heavy (non-hydrogen) atoms. The van der Waals surface area contributed by atoms with Crippen molar-refractivity contribution >= 4 is 34.4 Å². The number of amides is 1. The number of pyridine rings is 2. The molecule has 1 aliphatic heterocycles. The number of aromatic amines is 1. The van der Waals surface area contributed by atoms with E-state index in [-0.39, 0.29) is 5.91 Å². The van der Waals surface area contributed by atoms with Crippen LogP contribution in [0.15, 0.2) is 49.1 Å². The van der Waals surface area contributed by atoms with Crippen LogP contribution in [0.1, 0.15) is 5.69 Å². The Morgan fingerprint density at radius 2 is 2.13 bits per heavy atom. The summed E-state index contributed by atoms with van der Waals surface area (Å²) in [5, 5.41) is 7.08. The van der Waals surface area contributed by atoms with Gasteiger partial charge in [-0.3, -0.25) is 4.79 Å². The Kier molecular flexibility index (Phi) is 4.79. The minimum atomic E-state index is 0.0108. The second-order valence-corrected chi connectivity index (χ2v) is 7.23. The Balaban J connectivity index is 1.41. The number of rotatable bonds is 5. The molecule has 5 N–H and O–H groups in total. The average molecular weight is 415 g/mol. The highest BCUT2D eigenvalue weighted by Gasteiger charge is 2.18. The van der Waals surface area contributed by atoms with E-state index in [0.29, 0.717) is 31.3 Å². The molecule has 10 nitrogen and oxygen atoms in total. The number of nitrogens with zero attached hydrogens (tertiary/aromatic N) is 5. The zero-order chi connectivity index (χ0) is 21.2. The lowest BCUT2D eigenvalue weighted by atomic mass is 10.1. The highest BCUT2D eigenvalue weighted by Crippen LogP contribution is 2.32. The van der Waals surface area contributed by atoms with E-state index in [1.807, 2.05) is 41.4 Å². The number of hydrogen-bond acceptors (Lipinski definition) is 8. The zero-order valence-corrected chi connectivity index (χ0v) is 16.7. The summed E-state index contributed by atoms with van der Waals surface area (Å²) in [4.78, 5) is 34.4. The van der Waals surface area contributed by atoms with Gasteiger partial charge >= 0.3 is 0 Å². The van der Waals surface area contributed by atoms with Crippen LogP contribution in [0.2, 0.25) is 0 Å². The molecular weight excluding hydrogens is 394 g/mol. The van der Waals surface area contributed by atoms with Crippen LogP contribution in [-0.2, 0) is 11.3 Å². The van der Waals surface area contributed by atoms with Gasteiger partial charge in [-0.15, -0.1) is 0 Å². The first kappa shape index (κ1) is 18.8. The van der Waals surface area contributed by atoms with Gasteiger partial charge in [0.05, 0.1) is 24.2 Å². The number of piperazine rings is 1. The first-order valence-electron chi connectivity index (χ1n) is 9.93. The molecule has 156 valence electrons. The van der Waals surface area contributed by atoms with Gasteiger partial charge in [0.1, 0.15) is 29.4 Å². The molecule has 0 aromatic carbocycles. The molecule has 0 saturated carbocycles. The smallest absolute Gasteiger partial charge is 0.239 e. The minimum absolute atomic E-state index is 0.0108. The van der Waals surface area contributed by atoms with Crippen LogP contribution in [0, 0.1) is 0 Å². The summed E-state index contributed by atoms with van der Waals surface area (Å²) in [6.45, 7) is 2.16. The molecule has 0 unspecified atom stereocenters. The van der Waals surface area contributed by atoms with Gasteiger partial charge in [-0.05, 0) is 29.8 Å². The Labute approximate surface area is 177 Å². The lowest BCUT2D eigenvalue weighted by molar-refractivity contribution is -0.120. The summed E-state index contributed by atoms with van der Waals surface area (Å²) in [6, 6.07) is 9.53. The van der Waals surface area contributed by atoms with Gasteiger partial charge in [-0.2, -0.15) is 0 Å². The molecule has 0 spiro atoms. The van der Waals surface area contributed by atoms with Crippen molar-refractivity contribution < 1.29 is 4.79 Å². The van der Waals surface area contributed by atoms with Gasteiger partial charge in [0.2, 0.25) is 5.91 Å². The first-order valence-corrected chi connectivity index (χ1v) is 9.93. The fraction of sp³-hybridized carbons (Fsp3) is 0.190. The number of carbonyl (C=O) groups is 1. The molecule has 5 heterocycles. The summed E-state index contributed by atoms with van der Waals surface area (Å²) in [5.74, 6) is 1.94. The highest BCUT2D eigenvalue weighted by atomic mass is 16.2. The largest absolute Gasteiger partial charge is 0.384 e. The highest BCUT2D eigenvalue weighted by molar-refractivity contribution is 6.01. The monoisotopic (exact) mass is 415 g/mol. The number of fused-ring (bicyclic) bond motifs is 1. The molecule has 0 bridgehead atoms. The van der Waals surface area contributed by atoms with Crippen molar-refractivity contribution in [1.29, 1.82) is 0 Å². The van der Waals surface area contributed by atoms with Gasteiger partial charge in [-0.1, -0.05) is 6.07 Å². The summed E-state index contributed by atoms with van der Waals surface area (Å²) >= 11 is 0. The fourth-order valence-electron chi connectivity index (χ4n) is 3.69. The number of nitrogens with one attached hydrogen (secondary N) is 3. The Bertz CT molecular complexity index is 1250. The third-order valence-corrected chi connectivity index (χ3v) is 5.15. The van der Waals surface area contributed by atoms with Gasteiger partial charge < -0.3 is 26.3 Å². The van der Waals surface area contributed by atoms with Crippen LogP contribution < -0.4 is 21.3 Å². The van der Waals surface area contributed by atoms with Crippen molar-refractivity contribution in [3.63, 3.8) is 0 Å². The SMILES string of the molecule is Nc1cc(-c2c[nH]c3ncnc(NCc4cccc(N5CCNC(=O)C5)n4)c23)ccn1. The van der Waals surface area contributed by atoms with Crippen LogP contribution >= 0.6 is 0 Å². The maximum atomic E-state index is 11.7. The topological polar surface area (TPSA) is 138 Å². The van der Waals surface area contributed by atoms with Crippen molar-refractivity contribution in [2.24, 2.45) is 0 Å². The number of nitrogens with two attached hydrogens (primary N) is 1. The standard InChI is InChI=1S/C21H21N9O/c22-16-8-13(4-5-23-16)15-10-26-21-19(15)20(27-12-28-21)25-9-14-2-1-3-17(29-14)30-7-6-24-18(31)11-30/h1-5,8,10,12H,6-7,9,11H2,(H2,22,23)(H,24,31)(H2,25,26,27,28). The van der Waals surface area contributed by atoms with E-state index < -0.39 is 0 Å². The third-order valence-electron chi connectivity index (χ3n) is 5.15. The van der Waals surface area contributed by atoms with Crippen molar-refractivity contribution in [3.05, 3.63) is 54.7 Å². The van der Waals surface area contributed by atoms with E-state index in [4.69, 9.17) is 10.7 Å². The van der Waals surface area contributed by atoms with Crippen LogP contribution in [0.5, 0.6) is 0 Å². The quantitative estimate of drug-likeness (QED) is 0.385. The second-order valence-electron chi connectivity index (χ2n) is 7.23. The van der Waals surface area contributed by atoms with Crippen LogP contribution in [0.4, 0.5) is 17.5 Å². The van der Waals surface area contributed by atoms with Gasteiger partial charge in [-0.25, -0.2) is 19.9 Å². The molecule has 4 aromatic heterocycles. The fourth-order valence-corrected chi connectivity index (χ4v) is 3.69. The predicted molar refractivity (Wildman–Crippen MR) is 118 cm³/mol. The Morgan fingerprint density at radius 3 is 3.00 bits per heavy atom. The number of carbonyl (C=O) groups excluding carboxylic acids is 1. The van der Waals surface area contributed by atoms with Crippen LogP contribution in [0.25, 0.3) is 22.2 Å². The van der Waals surface area contributed by atoms with Crippen LogP contribution in [-0.4, -0.2) is 50.5 Å². The molecule has 1 saturated heterocycles. The Hall–Kier alpha value is -4.21. The molecule has 1 aliphatic rings. The normalized spacial score (nSPS) is 13.9. The molecule has 0 aliphatic carbocycles. The summed E-state index contributed by atoms with van der Waals surface area (Å²) in [6.07, 6.45) is 5.08. The molecular formula is C21H21N9O. The lowest BCUT2D eigenvalue weighted by Gasteiger charge is -2.27. The number of anilines is 3. The summed E-state index contributed by atoms with van der Waals surface area (Å²) in [7, 11) is 0. The zero-order valence-electron chi connectivity index (χ0n) is 16.7. The van der Waals surface area contributed by atoms with Crippen molar-refractivity contribution in [3.8, 4) is 11.1 Å². The van der Waals surface area contributed by atoms with E-state index in [9.17, 15) is 4.79 Å². The molecule has 10 heteroatoms. The summed E-state index contributed by atoms with van der Waals surface area (Å²) < 4.78 is 0. The van der Waals surface area contributed by atoms with Crippen molar-refractivity contribution in [1.82, 2.24) is 30.2 Å². The Morgan fingerprint density at radius 1 is 1.19 bits per heavy atom. The average Bonchev–Trinajstić information content (AvgIpc) is 3.23. The van der Waals surface area contributed by atoms with Gasteiger partial charge in [0, 0.05) is 31.0 Å². The molecule has 1 amide bonds. The number of H-pyrrole nitrogens is 1. The number of aromatic nitrogens is 5. The van der Waals surface area contributed by atoms with Gasteiger partial charge in [0.15, 0.2) is 0 Å². The maximum Gasteiger partial charge on any atom is 0.239 e. The molecule has 4 aromatic rings. The number of hydrogen-bond donors (Lipinski definition) is 4. The second kappa shape index (κ2) is 7.90. The molecule has 0 radical (unpaired) electrons. The van der Waals surface area contributed by atoms with E-state index in [1.54, 1.807) is 6.20 Å². The molecule has 5 rings (SSSR count). The molecule has 1 fully saturated rings. The van der Waals surface area contributed by atoms with Crippen molar-refractivity contribution in [2.75, 3.05) is 35.6 Å². The van der Waals surface area contributed by atoms with Crippen molar-refractivity contribution in [2.45, 2.75) is 6.54 Å². The van der Waals surface area contributed by atoms with E-state index >= 15 is 0 Å². The number of nitrogen functional groups attached to an aromatic ring is 1. The predicted octanol–water partition coefficient (Wildman–Crippen LogP) is 1.55. The van der Waals surface area contributed by atoms with Gasteiger partial charge in [0.25, 0.3) is 0 Å².